The van der Waals surface area contributed by atoms with Crippen LogP contribution in [0.15, 0.2) is 47.6 Å². The lowest BCUT2D eigenvalue weighted by Crippen LogP contribution is -2.15. The smallest absolute Gasteiger partial charge is 0.317 e. The highest BCUT2D eigenvalue weighted by atomic mass is 16.5. The Morgan fingerprint density at radius 3 is 2.63 bits per heavy atom. The highest BCUT2D eigenvalue weighted by Crippen LogP contribution is 2.34. The Kier molecular flexibility index (Phi) is 9.64. The summed E-state index contributed by atoms with van der Waals surface area (Å²) in [4.78, 5) is 32.8. The van der Waals surface area contributed by atoms with E-state index < -0.39 is 5.91 Å². The summed E-state index contributed by atoms with van der Waals surface area (Å²) in [5.41, 5.74) is 14.8. The van der Waals surface area contributed by atoms with Gasteiger partial charge in [-0.1, -0.05) is 32.8 Å². The number of nitrogens with one attached hydrogen (secondary N) is 2. The number of nitrogens with two attached hydrogens (primary N) is 2. The average Bonchev–Trinajstić information content (AvgIpc) is 3.30. The number of aromatic nitrogens is 4. The second-order valence-corrected chi connectivity index (χ2v) is 8.61. The molecule has 0 aliphatic heterocycles. The molecule has 1 unspecified atom stereocenters. The third-order valence-electron chi connectivity index (χ3n) is 5.67. The van der Waals surface area contributed by atoms with E-state index in [1.165, 1.54) is 19.1 Å². The number of amides is 1. The van der Waals surface area contributed by atoms with Crippen LogP contribution in [0.3, 0.4) is 0 Å². The average molecular weight is 515 g/mol. The van der Waals surface area contributed by atoms with Crippen molar-refractivity contribution in [2.24, 2.45) is 10.7 Å². The molecule has 0 spiro atoms. The number of unbranched alkanes of at least 4 members (excludes halogenated alkanes) is 1. The molecule has 10 heteroatoms. The zero-order valence-corrected chi connectivity index (χ0v) is 22.2. The number of carbonyl (C=O) groups is 1. The van der Waals surface area contributed by atoms with E-state index in [0.29, 0.717) is 51.1 Å². The first-order chi connectivity index (χ1) is 18.3. The molecule has 0 bridgehead atoms. The lowest BCUT2D eigenvalue weighted by molar-refractivity contribution is 0.0997. The van der Waals surface area contributed by atoms with Crippen LogP contribution in [0.1, 0.15) is 56.6 Å². The monoisotopic (exact) mass is 514 g/mol. The first kappa shape index (κ1) is 28.0. The van der Waals surface area contributed by atoms with Gasteiger partial charge in [-0.15, -0.1) is 0 Å². The van der Waals surface area contributed by atoms with Gasteiger partial charge in [0.1, 0.15) is 6.61 Å². The molecule has 3 aromatic heterocycles. The number of nitrogens with zero attached hydrogens (tertiary/aromatic N) is 4. The summed E-state index contributed by atoms with van der Waals surface area (Å²) in [6.45, 7) is 8.49. The molecular weight excluding hydrogens is 480 g/mol. The van der Waals surface area contributed by atoms with Crippen LogP contribution in [0, 0.1) is 5.41 Å². The third kappa shape index (κ3) is 6.39. The molecule has 0 fully saturated rings. The minimum atomic E-state index is -0.693. The number of aliphatic imine (C=N–C) groups is 1. The Bertz CT molecular complexity index is 1490. The zero-order valence-electron chi connectivity index (χ0n) is 22.2. The number of primary amides is 1. The van der Waals surface area contributed by atoms with Crippen LogP contribution in [0.5, 0.6) is 6.01 Å². The first-order valence-corrected chi connectivity index (χ1v) is 12.5. The van der Waals surface area contributed by atoms with Gasteiger partial charge >= 0.3 is 6.01 Å². The number of rotatable bonds is 9. The highest BCUT2D eigenvalue weighted by Gasteiger charge is 2.19. The number of anilines is 1. The molecule has 0 saturated heterocycles. The molecule has 3 heterocycles. The molecule has 4 rings (SSSR count). The van der Waals surface area contributed by atoms with Gasteiger partial charge in [0, 0.05) is 46.2 Å². The molecule has 0 radical (unpaired) electrons. The van der Waals surface area contributed by atoms with E-state index in [0.717, 1.165) is 0 Å². The second kappa shape index (κ2) is 13.1. The van der Waals surface area contributed by atoms with Crippen LogP contribution in [0.2, 0.25) is 0 Å². The largest absolute Gasteiger partial charge is 0.461 e. The number of nitrogen functional groups attached to an aromatic ring is 1. The van der Waals surface area contributed by atoms with Crippen LogP contribution in [0.25, 0.3) is 33.2 Å². The fraction of sp³-hybridized carbons (Fsp3) is 0.286. The zero-order chi connectivity index (χ0) is 27.7. The van der Waals surface area contributed by atoms with Gasteiger partial charge in [-0.25, -0.2) is 9.97 Å². The van der Waals surface area contributed by atoms with Gasteiger partial charge in [0.05, 0.1) is 22.9 Å². The van der Waals surface area contributed by atoms with E-state index >= 15 is 0 Å². The standard InChI is InChI=1S/C24H24N8O2.C4H10/c1-3-4-8-28-13(2)12-34-24-29-9-7-17(32-24)19-10-14-20-15(11-25)16(26)5-6-18(20)30-21(14)22(31-19)23(27)33;1-3-4-2/h3-11,13,25,30H,12,26H2,1-2H3,(H2,27,33);3-4H2,1-2H3/b4-3-,25-11?,28-8?;. The van der Waals surface area contributed by atoms with Crippen molar-refractivity contribution in [3.63, 3.8) is 0 Å². The lowest BCUT2D eigenvalue weighted by Gasteiger charge is -2.09. The molecule has 38 heavy (non-hydrogen) atoms. The van der Waals surface area contributed by atoms with Crippen LogP contribution in [0.4, 0.5) is 5.69 Å². The summed E-state index contributed by atoms with van der Waals surface area (Å²) in [6, 6.07) is 7.02. The van der Waals surface area contributed by atoms with Gasteiger partial charge in [0.15, 0.2) is 5.69 Å². The SMILES string of the molecule is C/C=C\C=NC(C)COc1nccc(-c2cc3c([nH]c4ccc(N)c(C=N)c43)c(C(N)=O)n2)n1.CCCC. The molecule has 0 aliphatic rings. The predicted octanol–water partition coefficient (Wildman–Crippen LogP) is 5.07. The summed E-state index contributed by atoms with van der Waals surface area (Å²) in [7, 11) is 0. The summed E-state index contributed by atoms with van der Waals surface area (Å²) in [6.07, 6.45) is 10.8. The molecule has 1 amide bonds. The predicted molar refractivity (Wildman–Crippen MR) is 154 cm³/mol. The Balaban J connectivity index is 0.000000934. The Morgan fingerprint density at radius 2 is 1.97 bits per heavy atom. The maximum absolute atomic E-state index is 12.2. The number of ether oxygens (including phenoxy) is 1. The van der Waals surface area contributed by atoms with Crippen LogP contribution in [-0.2, 0) is 0 Å². The summed E-state index contributed by atoms with van der Waals surface area (Å²) < 4.78 is 5.70. The molecule has 6 N–H and O–H groups in total. The quantitative estimate of drug-likeness (QED) is 0.179. The number of H-pyrrole nitrogens is 1. The molecule has 198 valence electrons. The van der Waals surface area contributed by atoms with Crippen LogP contribution < -0.4 is 16.2 Å². The van der Waals surface area contributed by atoms with Crippen molar-refractivity contribution < 1.29 is 9.53 Å². The number of carbonyl (C=O) groups excluding carboxylic acids is 1. The van der Waals surface area contributed by atoms with E-state index in [1.807, 2.05) is 26.0 Å². The third-order valence-corrected chi connectivity index (χ3v) is 5.67. The topological polar surface area (TPSA) is 169 Å². The van der Waals surface area contributed by atoms with E-state index in [9.17, 15) is 4.79 Å². The number of hydrogen-bond donors (Lipinski definition) is 4. The van der Waals surface area contributed by atoms with Crippen molar-refractivity contribution in [1.29, 1.82) is 5.41 Å². The number of fused-ring (bicyclic) bond motifs is 3. The molecule has 0 saturated carbocycles. The van der Waals surface area contributed by atoms with E-state index in [-0.39, 0.29) is 17.7 Å². The fourth-order valence-electron chi connectivity index (χ4n) is 3.57. The van der Waals surface area contributed by atoms with Crippen molar-refractivity contribution >= 4 is 45.8 Å². The van der Waals surface area contributed by atoms with Crippen LogP contribution >= 0.6 is 0 Å². The maximum Gasteiger partial charge on any atom is 0.317 e. The van der Waals surface area contributed by atoms with Gasteiger partial charge in [-0.3, -0.25) is 9.79 Å². The molecular formula is C28H34N8O2. The maximum atomic E-state index is 12.2. The summed E-state index contributed by atoms with van der Waals surface area (Å²) in [5.74, 6) is -0.693. The molecule has 1 atom stereocenters. The normalized spacial score (nSPS) is 12.1. The minimum Gasteiger partial charge on any atom is -0.461 e. The van der Waals surface area contributed by atoms with Crippen molar-refractivity contribution in [2.75, 3.05) is 12.3 Å². The first-order valence-electron chi connectivity index (χ1n) is 12.5. The number of hydrogen-bond acceptors (Lipinski definition) is 8. The number of benzene rings is 1. The molecule has 0 aliphatic carbocycles. The van der Waals surface area contributed by atoms with Crippen LogP contribution in [-0.4, -0.2) is 50.9 Å². The van der Waals surface area contributed by atoms with E-state index in [1.54, 1.807) is 36.7 Å². The molecule has 1 aromatic carbocycles. The van der Waals surface area contributed by atoms with Crippen molar-refractivity contribution in [2.45, 2.75) is 46.6 Å². The number of aromatic amines is 1. The van der Waals surface area contributed by atoms with Gasteiger partial charge in [-0.2, -0.15) is 4.98 Å². The lowest BCUT2D eigenvalue weighted by atomic mass is 10.0. The Hall–Kier alpha value is -4.60. The number of allylic oxidation sites excluding steroid dienone is 2. The van der Waals surface area contributed by atoms with Crippen molar-refractivity contribution in [1.82, 2.24) is 19.9 Å². The van der Waals surface area contributed by atoms with E-state index in [2.05, 4.69) is 38.8 Å². The highest BCUT2D eigenvalue weighted by molar-refractivity contribution is 6.20. The Labute approximate surface area is 221 Å². The Morgan fingerprint density at radius 1 is 1.21 bits per heavy atom. The van der Waals surface area contributed by atoms with Crippen molar-refractivity contribution in [3.05, 3.63) is 53.9 Å². The van der Waals surface area contributed by atoms with E-state index in [4.69, 9.17) is 21.6 Å². The molecule has 10 nitrogen and oxygen atoms in total. The molecule has 4 aromatic rings. The second-order valence-electron chi connectivity index (χ2n) is 8.61. The van der Waals surface area contributed by atoms with Gasteiger partial charge in [0.2, 0.25) is 0 Å². The van der Waals surface area contributed by atoms with Gasteiger partial charge in [-0.05, 0) is 44.2 Å². The van der Waals surface area contributed by atoms with Gasteiger partial charge in [0.25, 0.3) is 5.91 Å². The summed E-state index contributed by atoms with van der Waals surface area (Å²) >= 11 is 0. The fourth-order valence-corrected chi connectivity index (χ4v) is 3.57. The van der Waals surface area contributed by atoms with Gasteiger partial charge < -0.3 is 26.6 Å². The number of pyridine rings is 1. The summed E-state index contributed by atoms with van der Waals surface area (Å²) in [5, 5.41) is 9.18. The van der Waals surface area contributed by atoms with Crippen molar-refractivity contribution in [3.8, 4) is 17.4 Å². The minimum absolute atomic E-state index is 0.0613.